The molecule has 12 heteroatoms. The van der Waals surface area contributed by atoms with E-state index in [9.17, 15) is 31.6 Å². The van der Waals surface area contributed by atoms with Crippen molar-refractivity contribution < 1.29 is 36.3 Å². The minimum Gasteiger partial charge on any atom is -0.489 e. The van der Waals surface area contributed by atoms with Gasteiger partial charge in [-0.3, -0.25) is 19.3 Å². The second-order valence-electron chi connectivity index (χ2n) is 11.3. The standard InChI is InChI=1S/C32H31F2N3O6S/c33-27-10-9-24(17-28(27)34)44(41,42)36-14-12-35(13-15-36)18-21-4-6-22(7-5-21)20-43-31-3-1-2-25-26(31)19-37(32(25)40)29-11-8-23(38)16-30(29)39/h1-7,9-10,17,29H,8,11-16,18-20H2. The van der Waals surface area contributed by atoms with Crippen LogP contribution < -0.4 is 4.74 Å². The van der Waals surface area contributed by atoms with Gasteiger partial charge in [-0.25, -0.2) is 17.2 Å². The number of hydrogen-bond donors (Lipinski definition) is 0. The van der Waals surface area contributed by atoms with Crippen LogP contribution >= 0.6 is 0 Å². The average Bonchev–Trinajstić information content (AvgIpc) is 3.35. The molecule has 0 bridgehead atoms. The van der Waals surface area contributed by atoms with Crippen LogP contribution in [-0.4, -0.2) is 72.2 Å². The van der Waals surface area contributed by atoms with Gasteiger partial charge in [0.1, 0.15) is 18.1 Å². The number of ketones is 2. The van der Waals surface area contributed by atoms with Gasteiger partial charge in [0.2, 0.25) is 10.0 Å². The van der Waals surface area contributed by atoms with Gasteiger partial charge < -0.3 is 9.64 Å². The molecule has 1 atom stereocenters. The van der Waals surface area contributed by atoms with Crippen LogP contribution in [0.4, 0.5) is 8.78 Å². The molecule has 1 saturated heterocycles. The van der Waals surface area contributed by atoms with Gasteiger partial charge in [-0.2, -0.15) is 4.31 Å². The summed E-state index contributed by atoms with van der Waals surface area (Å²) in [5.74, 6) is -2.21. The first-order valence-corrected chi connectivity index (χ1v) is 15.9. The Morgan fingerprint density at radius 2 is 1.59 bits per heavy atom. The second kappa shape index (κ2) is 12.2. The molecule has 0 radical (unpaired) electrons. The molecule has 1 saturated carbocycles. The highest BCUT2D eigenvalue weighted by atomic mass is 32.2. The Balaban J connectivity index is 1.02. The molecule has 1 aliphatic carbocycles. The molecule has 44 heavy (non-hydrogen) atoms. The molecule has 230 valence electrons. The summed E-state index contributed by atoms with van der Waals surface area (Å²) in [6.45, 7) is 2.63. The van der Waals surface area contributed by atoms with E-state index in [0.29, 0.717) is 49.9 Å². The maximum Gasteiger partial charge on any atom is 0.255 e. The van der Waals surface area contributed by atoms with Crippen molar-refractivity contribution in [2.75, 3.05) is 26.2 Å². The number of fused-ring (bicyclic) bond motifs is 1. The number of piperazine rings is 1. The maximum atomic E-state index is 13.6. The van der Waals surface area contributed by atoms with Crippen LogP contribution in [-0.2, 0) is 39.3 Å². The number of ether oxygens (including phenoxy) is 1. The quantitative estimate of drug-likeness (QED) is 0.353. The molecular weight excluding hydrogens is 592 g/mol. The van der Waals surface area contributed by atoms with Gasteiger partial charge in [-0.05, 0) is 47.9 Å². The molecule has 1 amide bonds. The number of nitrogens with zero attached hydrogens (tertiary/aromatic N) is 3. The summed E-state index contributed by atoms with van der Waals surface area (Å²) in [6, 6.07) is 15.2. The number of Topliss-reactive ketones (excluding diaryl/α,β-unsaturated/α-hetero) is 2. The zero-order valence-corrected chi connectivity index (χ0v) is 24.7. The summed E-state index contributed by atoms with van der Waals surface area (Å²) in [6.07, 6.45) is 0.530. The van der Waals surface area contributed by atoms with E-state index in [2.05, 4.69) is 4.90 Å². The Bertz CT molecular complexity index is 1720. The van der Waals surface area contributed by atoms with E-state index in [1.165, 1.54) is 4.31 Å². The Kier molecular flexibility index (Phi) is 8.32. The van der Waals surface area contributed by atoms with Crippen molar-refractivity contribution in [2.24, 2.45) is 0 Å². The number of sulfonamides is 1. The number of amides is 1. The molecule has 9 nitrogen and oxygen atoms in total. The Hall–Kier alpha value is -4.00. The Morgan fingerprint density at radius 1 is 0.864 bits per heavy atom. The van der Waals surface area contributed by atoms with E-state index in [-0.39, 0.29) is 55.0 Å². The van der Waals surface area contributed by atoms with Crippen LogP contribution in [0.25, 0.3) is 0 Å². The Labute approximate surface area is 254 Å². The highest BCUT2D eigenvalue weighted by Crippen LogP contribution is 2.34. The molecular formula is C32H31F2N3O6S. The van der Waals surface area contributed by atoms with Gasteiger partial charge in [0.15, 0.2) is 17.4 Å². The molecule has 0 aromatic heterocycles. The van der Waals surface area contributed by atoms with Gasteiger partial charge in [0.05, 0.1) is 23.9 Å². The molecule has 1 unspecified atom stereocenters. The van der Waals surface area contributed by atoms with Crippen molar-refractivity contribution in [1.29, 1.82) is 0 Å². The first kappa shape index (κ1) is 30.0. The molecule has 6 rings (SSSR count). The number of halogens is 2. The first-order chi connectivity index (χ1) is 21.1. The van der Waals surface area contributed by atoms with Gasteiger partial charge in [0, 0.05) is 50.3 Å². The van der Waals surface area contributed by atoms with Crippen LogP contribution in [0.2, 0.25) is 0 Å². The van der Waals surface area contributed by atoms with Gasteiger partial charge in [0.25, 0.3) is 5.91 Å². The molecule has 3 aliphatic rings. The fourth-order valence-electron chi connectivity index (χ4n) is 5.98. The molecule has 2 heterocycles. The lowest BCUT2D eigenvalue weighted by Gasteiger charge is -2.34. The van der Waals surface area contributed by atoms with E-state index in [0.717, 1.165) is 28.8 Å². The van der Waals surface area contributed by atoms with Crippen molar-refractivity contribution in [3.8, 4) is 5.75 Å². The third kappa shape index (κ3) is 6.01. The van der Waals surface area contributed by atoms with Crippen molar-refractivity contribution in [3.05, 3.63) is 94.6 Å². The van der Waals surface area contributed by atoms with E-state index in [1.807, 2.05) is 30.3 Å². The molecule has 2 fully saturated rings. The molecule has 0 spiro atoms. The number of rotatable bonds is 8. The number of benzene rings is 3. The van der Waals surface area contributed by atoms with Crippen LogP contribution in [0.3, 0.4) is 0 Å². The zero-order chi connectivity index (χ0) is 31.0. The smallest absolute Gasteiger partial charge is 0.255 e. The maximum absolute atomic E-state index is 13.6. The topological polar surface area (TPSA) is 104 Å². The highest BCUT2D eigenvalue weighted by molar-refractivity contribution is 7.89. The minimum atomic E-state index is -3.92. The Morgan fingerprint density at radius 3 is 2.30 bits per heavy atom. The number of hydrogen-bond acceptors (Lipinski definition) is 7. The lowest BCUT2D eigenvalue weighted by Crippen LogP contribution is -2.48. The summed E-state index contributed by atoms with van der Waals surface area (Å²) >= 11 is 0. The van der Waals surface area contributed by atoms with Crippen molar-refractivity contribution in [2.45, 2.75) is 49.9 Å². The minimum absolute atomic E-state index is 0.0826. The van der Waals surface area contributed by atoms with Gasteiger partial charge >= 0.3 is 0 Å². The van der Waals surface area contributed by atoms with Gasteiger partial charge in [-0.15, -0.1) is 0 Å². The van der Waals surface area contributed by atoms with Crippen LogP contribution in [0.5, 0.6) is 5.75 Å². The molecule has 0 N–H and O–H groups in total. The third-order valence-electron chi connectivity index (χ3n) is 8.45. The summed E-state index contributed by atoms with van der Waals surface area (Å²) in [4.78, 5) is 40.6. The van der Waals surface area contributed by atoms with Crippen molar-refractivity contribution >= 4 is 27.5 Å². The number of carbonyl (C=O) groups is 3. The van der Waals surface area contributed by atoms with E-state index in [1.54, 1.807) is 17.0 Å². The predicted octanol–water partition coefficient (Wildman–Crippen LogP) is 3.70. The number of carbonyl (C=O) groups excluding carboxylic acids is 3. The lowest BCUT2D eigenvalue weighted by molar-refractivity contribution is -0.133. The largest absolute Gasteiger partial charge is 0.489 e. The first-order valence-electron chi connectivity index (χ1n) is 14.5. The SMILES string of the molecule is O=C1CCC(N2Cc3c(OCc4ccc(CN5CCN(S(=O)(=O)c6ccc(F)c(F)c6)CC5)cc4)cccc3C2=O)C(=O)C1. The molecule has 3 aromatic carbocycles. The fraction of sp³-hybridized carbons (Fsp3) is 0.344. The zero-order valence-electron chi connectivity index (χ0n) is 23.9. The van der Waals surface area contributed by atoms with Crippen LogP contribution in [0.15, 0.2) is 65.6 Å². The van der Waals surface area contributed by atoms with E-state index < -0.39 is 27.7 Å². The van der Waals surface area contributed by atoms with E-state index in [4.69, 9.17) is 4.74 Å². The van der Waals surface area contributed by atoms with Crippen molar-refractivity contribution in [3.63, 3.8) is 0 Å². The monoisotopic (exact) mass is 623 g/mol. The normalized spacial score (nSPS) is 19.8. The summed E-state index contributed by atoms with van der Waals surface area (Å²) in [7, 11) is -3.92. The van der Waals surface area contributed by atoms with Gasteiger partial charge in [-0.1, -0.05) is 30.3 Å². The molecule has 2 aliphatic heterocycles. The predicted molar refractivity (Wildman–Crippen MR) is 155 cm³/mol. The summed E-state index contributed by atoms with van der Waals surface area (Å²) in [5.41, 5.74) is 3.23. The fourth-order valence-corrected chi connectivity index (χ4v) is 7.41. The average molecular weight is 624 g/mol. The van der Waals surface area contributed by atoms with Crippen molar-refractivity contribution in [1.82, 2.24) is 14.1 Å². The van der Waals surface area contributed by atoms with Crippen LogP contribution in [0.1, 0.15) is 46.3 Å². The lowest BCUT2D eigenvalue weighted by atomic mass is 9.92. The molecule has 3 aromatic rings. The highest BCUT2D eigenvalue weighted by Gasteiger charge is 2.40. The second-order valence-corrected chi connectivity index (χ2v) is 13.3. The summed E-state index contributed by atoms with van der Waals surface area (Å²) in [5, 5.41) is 0. The van der Waals surface area contributed by atoms with Crippen LogP contribution in [0, 0.1) is 11.6 Å². The third-order valence-corrected chi connectivity index (χ3v) is 10.3. The summed E-state index contributed by atoms with van der Waals surface area (Å²) < 4.78 is 60.0. The van der Waals surface area contributed by atoms with E-state index >= 15 is 0 Å².